The van der Waals surface area contributed by atoms with Gasteiger partial charge in [-0.2, -0.15) is 11.8 Å². The van der Waals surface area contributed by atoms with Gasteiger partial charge in [-0.25, -0.2) is 0 Å². The smallest absolute Gasteiger partial charge is 0.00753 e. The van der Waals surface area contributed by atoms with Gasteiger partial charge in [0.15, 0.2) is 0 Å². The molecule has 0 aromatic carbocycles. The van der Waals surface area contributed by atoms with Crippen LogP contribution in [0.1, 0.15) is 80.1 Å². The lowest BCUT2D eigenvalue weighted by atomic mass is 9.97. The van der Waals surface area contributed by atoms with E-state index in [-0.39, 0.29) is 0 Å². The van der Waals surface area contributed by atoms with Gasteiger partial charge in [-0.05, 0) is 24.7 Å². The van der Waals surface area contributed by atoms with E-state index in [2.05, 4.69) is 53.3 Å². The summed E-state index contributed by atoms with van der Waals surface area (Å²) in [4.78, 5) is 0. The average molecular weight is 259 g/mol. The Morgan fingerprint density at radius 3 is 1.00 bits per heavy atom. The van der Waals surface area contributed by atoms with Crippen molar-refractivity contribution in [3.05, 3.63) is 0 Å². The van der Waals surface area contributed by atoms with E-state index in [0.717, 1.165) is 22.3 Å². The molecule has 0 saturated heterocycles. The van der Waals surface area contributed by atoms with Crippen LogP contribution in [0.2, 0.25) is 0 Å². The first-order valence-corrected chi connectivity index (χ1v) is 8.77. The molecule has 0 N–H and O–H groups in total. The Hall–Kier alpha value is 0.350. The second-order valence-electron chi connectivity index (χ2n) is 5.18. The maximum atomic E-state index is 2.37. The zero-order valence-electron chi connectivity index (χ0n) is 13.0. The van der Waals surface area contributed by atoms with Gasteiger partial charge in [-0.3, -0.25) is 0 Å². The topological polar surface area (TPSA) is 0 Å². The highest BCUT2D eigenvalue weighted by Crippen LogP contribution is 2.37. The van der Waals surface area contributed by atoms with Gasteiger partial charge >= 0.3 is 0 Å². The molecular weight excluding hydrogens is 224 g/mol. The second kappa shape index (κ2) is 10.3. The molecule has 2 atom stereocenters. The predicted molar refractivity (Wildman–Crippen MR) is 83.9 cm³/mol. The molecule has 0 bridgehead atoms. The van der Waals surface area contributed by atoms with E-state index in [1.54, 1.807) is 0 Å². The third-order valence-electron chi connectivity index (χ3n) is 4.30. The molecule has 0 aliphatic carbocycles. The highest BCUT2D eigenvalue weighted by molar-refractivity contribution is 8.00. The molecule has 0 aliphatic rings. The predicted octanol–water partition coefficient (Wildman–Crippen LogP) is 6.15. The molecule has 0 spiro atoms. The fourth-order valence-electron chi connectivity index (χ4n) is 2.93. The van der Waals surface area contributed by atoms with Crippen molar-refractivity contribution in [2.75, 3.05) is 0 Å². The van der Waals surface area contributed by atoms with Crippen molar-refractivity contribution in [2.24, 2.45) is 11.8 Å². The summed E-state index contributed by atoms with van der Waals surface area (Å²) in [6.45, 7) is 14.2. The van der Waals surface area contributed by atoms with E-state index in [9.17, 15) is 0 Å². The fourth-order valence-corrected chi connectivity index (χ4v) is 4.98. The van der Waals surface area contributed by atoms with Gasteiger partial charge in [-0.15, -0.1) is 0 Å². The maximum absolute atomic E-state index is 2.37. The third kappa shape index (κ3) is 5.68. The summed E-state index contributed by atoms with van der Waals surface area (Å²) in [6.07, 6.45) is 8.08. The minimum absolute atomic E-state index is 0.885. The Morgan fingerprint density at radius 1 is 0.529 bits per heavy atom. The molecule has 0 rings (SSSR count). The van der Waals surface area contributed by atoms with Gasteiger partial charge in [0.1, 0.15) is 0 Å². The van der Waals surface area contributed by atoms with Crippen molar-refractivity contribution in [3.8, 4) is 0 Å². The highest BCUT2D eigenvalue weighted by atomic mass is 32.2. The molecule has 0 aromatic heterocycles. The minimum atomic E-state index is 0.885. The maximum Gasteiger partial charge on any atom is 0.00753 e. The van der Waals surface area contributed by atoms with Gasteiger partial charge in [0, 0.05) is 10.5 Å². The van der Waals surface area contributed by atoms with Crippen molar-refractivity contribution in [1.29, 1.82) is 0 Å². The van der Waals surface area contributed by atoms with Crippen LogP contribution in [-0.2, 0) is 0 Å². The molecule has 0 nitrogen and oxygen atoms in total. The summed E-state index contributed by atoms with van der Waals surface area (Å²) in [5, 5.41) is 1.77. The summed E-state index contributed by atoms with van der Waals surface area (Å²) in [6, 6.07) is 0. The minimum Gasteiger partial charge on any atom is -0.155 e. The van der Waals surface area contributed by atoms with Crippen LogP contribution in [0.25, 0.3) is 0 Å². The van der Waals surface area contributed by atoms with E-state index in [1.807, 2.05) is 0 Å². The van der Waals surface area contributed by atoms with Crippen molar-refractivity contribution < 1.29 is 0 Å². The molecule has 2 unspecified atom stereocenters. The summed E-state index contributed by atoms with van der Waals surface area (Å²) >= 11 is 2.30. The number of rotatable bonds is 10. The Morgan fingerprint density at radius 2 is 0.824 bits per heavy atom. The Kier molecular flexibility index (Phi) is 10.5. The van der Waals surface area contributed by atoms with Crippen LogP contribution in [0.4, 0.5) is 0 Å². The standard InChI is InChI=1S/C16H34S/c1-7-13(8-2)15(11-5)17-16(12-6)14(9-3)10-4/h13-16H,7-12H2,1-6H3. The van der Waals surface area contributed by atoms with E-state index >= 15 is 0 Å². The van der Waals surface area contributed by atoms with E-state index in [1.165, 1.54) is 38.5 Å². The molecule has 0 heterocycles. The fraction of sp³-hybridized carbons (Fsp3) is 1.00. The van der Waals surface area contributed by atoms with Crippen molar-refractivity contribution in [2.45, 2.75) is 90.6 Å². The van der Waals surface area contributed by atoms with Gasteiger partial charge in [0.2, 0.25) is 0 Å². The van der Waals surface area contributed by atoms with Crippen LogP contribution in [0, 0.1) is 11.8 Å². The zero-order chi connectivity index (χ0) is 13.3. The first-order chi connectivity index (χ1) is 8.18. The Bertz CT molecular complexity index is 141. The molecule has 0 aliphatic heterocycles. The van der Waals surface area contributed by atoms with Crippen molar-refractivity contribution in [3.63, 3.8) is 0 Å². The normalized spacial score (nSPS) is 15.5. The SMILES string of the molecule is CCC(CC)C(CC)SC(CC)C(CC)CC. The first-order valence-electron chi connectivity index (χ1n) is 7.83. The largest absolute Gasteiger partial charge is 0.155 e. The molecule has 104 valence electrons. The average Bonchev–Trinajstić information content (AvgIpc) is 2.37. The van der Waals surface area contributed by atoms with Gasteiger partial charge in [0.05, 0.1) is 0 Å². The van der Waals surface area contributed by atoms with E-state index in [4.69, 9.17) is 0 Å². The second-order valence-corrected chi connectivity index (χ2v) is 6.67. The summed E-state index contributed by atoms with van der Waals surface area (Å²) in [5.74, 6) is 1.85. The zero-order valence-corrected chi connectivity index (χ0v) is 13.8. The van der Waals surface area contributed by atoms with Crippen LogP contribution >= 0.6 is 11.8 Å². The lowest BCUT2D eigenvalue weighted by Crippen LogP contribution is -2.23. The van der Waals surface area contributed by atoms with Crippen LogP contribution in [0.5, 0.6) is 0 Å². The van der Waals surface area contributed by atoms with Gasteiger partial charge in [0.25, 0.3) is 0 Å². The molecule has 17 heavy (non-hydrogen) atoms. The van der Waals surface area contributed by atoms with E-state index < -0.39 is 0 Å². The number of hydrogen-bond donors (Lipinski definition) is 0. The lowest BCUT2D eigenvalue weighted by molar-refractivity contribution is 0.441. The van der Waals surface area contributed by atoms with Crippen molar-refractivity contribution >= 4 is 11.8 Å². The molecule has 0 amide bonds. The summed E-state index contributed by atoms with van der Waals surface area (Å²) in [5.41, 5.74) is 0. The summed E-state index contributed by atoms with van der Waals surface area (Å²) in [7, 11) is 0. The summed E-state index contributed by atoms with van der Waals surface area (Å²) < 4.78 is 0. The van der Waals surface area contributed by atoms with Crippen LogP contribution in [0.15, 0.2) is 0 Å². The third-order valence-corrected chi connectivity index (χ3v) is 6.44. The van der Waals surface area contributed by atoms with Gasteiger partial charge in [-0.1, -0.05) is 67.2 Å². The molecule has 1 heteroatoms. The monoisotopic (exact) mass is 258 g/mol. The van der Waals surface area contributed by atoms with E-state index in [0.29, 0.717) is 0 Å². The van der Waals surface area contributed by atoms with Crippen LogP contribution < -0.4 is 0 Å². The molecular formula is C16H34S. The Balaban J connectivity index is 4.49. The van der Waals surface area contributed by atoms with Crippen LogP contribution in [-0.4, -0.2) is 10.5 Å². The molecule has 0 saturated carbocycles. The quantitative estimate of drug-likeness (QED) is 0.453. The first kappa shape index (κ1) is 17.4. The van der Waals surface area contributed by atoms with Crippen molar-refractivity contribution in [1.82, 2.24) is 0 Å². The highest BCUT2D eigenvalue weighted by Gasteiger charge is 2.24. The molecule has 0 aromatic rings. The Labute approximate surface area is 114 Å². The van der Waals surface area contributed by atoms with Gasteiger partial charge < -0.3 is 0 Å². The number of hydrogen-bond acceptors (Lipinski definition) is 1. The molecule has 0 radical (unpaired) electrons. The van der Waals surface area contributed by atoms with Crippen LogP contribution in [0.3, 0.4) is 0 Å². The molecule has 0 fully saturated rings. The lowest BCUT2D eigenvalue weighted by Gasteiger charge is -2.31. The number of thioether (sulfide) groups is 1.